The normalized spacial score (nSPS) is 29.1. The van der Waals surface area contributed by atoms with E-state index in [9.17, 15) is 14.7 Å². The number of aliphatic hydroxyl groups excluding tert-OH is 1. The van der Waals surface area contributed by atoms with E-state index < -0.39 is 6.10 Å². The number of ether oxygens (including phenoxy) is 2. The van der Waals surface area contributed by atoms with E-state index in [1.807, 2.05) is 18.2 Å². The minimum atomic E-state index is -0.485. The summed E-state index contributed by atoms with van der Waals surface area (Å²) >= 11 is 0. The Bertz CT molecular complexity index is 881. The van der Waals surface area contributed by atoms with Crippen molar-refractivity contribution in [2.45, 2.75) is 107 Å². The lowest BCUT2D eigenvalue weighted by molar-refractivity contribution is -0.142. The molecule has 2 aliphatic heterocycles. The van der Waals surface area contributed by atoms with Crippen molar-refractivity contribution < 1.29 is 24.2 Å². The van der Waals surface area contributed by atoms with Crippen LogP contribution in [0.1, 0.15) is 82.1 Å². The molecule has 34 heavy (non-hydrogen) atoms. The number of hydrogen-bond acceptors (Lipinski definition) is 5. The van der Waals surface area contributed by atoms with Gasteiger partial charge in [0.15, 0.2) is 0 Å². The van der Waals surface area contributed by atoms with Crippen molar-refractivity contribution in [3.8, 4) is 5.75 Å². The summed E-state index contributed by atoms with van der Waals surface area (Å²) in [5.74, 6) is 0.782. The second-order valence-corrected chi connectivity index (χ2v) is 10.3. The predicted molar refractivity (Wildman–Crippen MR) is 128 cm³/mol. The van der Waals surface area contributed by atoms with Gasteiger partial charge in [0.1, 0.15) is 18.0 Å². The molecule has 3 amide bonds. The molecule has 2 aliphatic carbocycles. The molecule has 2 saturated carbocycles. The molecular weight excluding hydrogens is 434 g/mol. The topological polar surface area (TPSA) is 109 Å². The van der Waals surface area contributed by atoms with Crippen LogP contribution in [0, 0.1) is 0 Å². The lowest BCUT2D eigenvalue weighted by Gasteiger charge is -2.37. The monoisotopic (exact) mass is 471 g/mol. The Kier molecular flexibility index (Phi) is 7.25. The van der Waals surface area contributed by atoms with Crippen LogP contribution < -0.4 is 20.7 Å². The maximum Gasteiger partial charge on any atom is 0.319 e. The summed E-state index contributed by atoms with van der Waals surface area (Å²) in [6, 6.07) is 6.02. The summed E-state index contributed by atoms with van der Waals surface area (Å²) in [6.45, 7) is -0.162. The number of nitrogens with one attached hydrogen (secondary N) is 3. The van der Waals surface area contributed by atoms with Gasteiger partial charge in [0.2, 0.25) is 5.91 Å². The molecule has 3 fully saturated rings. The van der Waals surface area contributed by atoms with Crippen molar-refractivity contribution >= 4 is 17.6 Å². The zero-order valence-electron chi connectivity index (χ0n) is 19.8. The molecule has 0 radical (unpaired) electrons. The SMILES string of the molecule is O=C(C[C@H]1C[C@H]2c3cc(NC(=O)NC4CCCC4)ccc3O[C@H]2[C@@H](CO)O1)NC1CCCCC1. The van der Waals surface area contributed by atoms with E-state index in [1.165, 1.54) is 19.3 Å². The Morgan fingerprint density at radius 2 is 1.68 bits per heavy atom. The Morgan fingerprint density at radius 3 is 2.41 bits per heavy atom. The summed E-state index contributed by atoms with van der Waals surface area (Å²) in [5.41, 5.74) is 1.72. The van der Waals surface area contributed by atoms with Gasteiger partial charge in [-0.05, 0) is 50.3 Å². The first-order valence-electron chi connectivity index (χ1n) is 13.0. The summed E-state index contributed by atoms with van der Waals surface area (Å²) in [6.07, 6.45) is 9.96. The number of carbonyl (C=O) groups is 2. The van der Waals surface area contributed by atoms with Gasteiger partial charge >= 0.3 is 6.03 Å². The Hall–Kier alpha value is -2.32. The molecule has 0 aromatic heterocycles. The third kappa shape index (κ3) is 5.33. The van der Waals surface area contributed by atoms with Crippen LogP contribution >= 0.6 is 0 Å². The van der Waals surface area contributed by atoms with Gasteiger partial charge in [-0.1, -0.05) is 32.1 Å². The fraction of sp³-hybridized carbons (Fsp3) is 0.692. The molecule has 1 aromatic rings. The average molecular weight is 472 g/mol. The molecular formula is C26H37N3O5. The van der Waals surface area contributed by atoms with E-state index in [1.54, 1.807) is 0 Å². The van der Waals surface area contributed by atoms with Crippen LogP contribution in [0.2, 0.25) is 0 Å². The molecule has 0 spiro atoms. The maximum atomic E-state index is 12.7. The largest absolute Gasteiger partial charge is 0.487 e. The average Bonchev–Trinajstić information content (AvgIpc) is 3.47. The summed E-state index contributed by atoms with van der Waals surface area (Å²) in [7, 11) is 0. The quantitative estimate of drug-likeness (QED) is 0.507. The van der Waals surface area contributed by atoms with Crippen LogP contribution in [-0.2, 0) is 9.53 Å². The zero-order chi connectivity index (χ0) is 23.5. The van der Waals surface area contributed by atoms with Crippen molar-refractivity contribution in [1.82, 2.24) is 10.6 Å². The summed E-state index contributed by atoms with van der Waals surface area (Å²) in [5, 5.41) is 19.1. The molecule has 0 bridgehead atoms. The molecule has 8 nitrogen and oxygen atoms in total. The number of amides is 3. The van der Waals surface area contributed by atoms with Crippen LogP contribution in [0.15, 0.2) is 18.2 Å². The second-order valence-electron chi connectivity index (χ2n) is 10.3. The van der Waals surface area contributed by atoms with Gasteiger partial charge in [0, 0.05) is 29.3 Å². The van der Waals surface area contributed by atoms with Crippen LogP contribution in [-0.4, -0.2) is 54.0 Å². The molecule has 8 heteroatoms. The Labute approximate surface area is 201 Å². The number of benzene rings is 1. The van der Waals surface area contributed by atoms with Crippen LogP contribution in [0.4, 0.5) is 10.5 Å². The highest BCUT2D eigenvalue weighted by Crippen LogP contribution is 2.47. The molecule has 0 unspecified atom stereocenters. The maximum absolute atomic E-state index is 12.7. The third-order valence-electron chi connectivity index (χ3n) is 7.83. The van der Waals surface area contributed by atoms with E-state index in [4.69, 9.17) is 9.47 Å². The first-order valence-corrected chi connectivity index (χ1v) is 13.0. The molecule has 186 valence electrons. The zero-order valence-corrected chi connectivity index (χ0v) is 19.8. The van der Waals surface area contributed by atoms with E-state index in [0.717, 1.165) is 55.5 Å². The number of aliphatic hydroxyl groups is 1. The van der Waals surface area contributed by atoms with Crippen molar-refractivity contribution in [2.75, 3.05) is 11.9 Å². The van der Waals surface area contributed by atoms with Crippen molar-refractivity contribution in [1.29, 1.82) is 0 Å². The van der Waals surface area contributed by atoms with Crippen LogP contribution in [0.3, 0.4) is 0 Å². The van der Waals surface area contributed by atoms with E-state index >= 15 is 0 Å². The highest BCUT2D eigenvalue weighted by atomic mass is 16.6. The highest BCUT2D eigenvalue weighted by molar-refractivity contribution is 5.89. The first-order chi connectivity index (χ1) is 16.6. The molecule has 4 N–H and O–H groups in total. The lowest BCUT2D eigenvalue weighted by Crippen LogP contribution is -2.48. The van der Waals surface area contributed by atoms with Gasteiger partial charge in [0.25, 0.3) is 0 Å². The van der Waals surface area contributed by atoms with Gasteiger partial charge in [-0.25, -0.2) is 4.79 Å². The van der Waals surface area contributed by atoms with E-state index in [0.29, 0.717) is 6.42 Å². The molecule has 4 aliphatic rings. The molecule has 5 rings (SSSR count). The summed E-state index contributed by atoms with van der Waals surface area (Å²) in [4.78, 5) is 25.1. The minimum Gasteiger partial charge on any atom is -0.487 e. The number of rotatable bonds is 6. The smallest absolute Gasteiger partial charge is 0.319 e. The second kappa shape index (κ2) is 10.5. The fourth-order valence-electron chi connectivity index (χ4n) is 6.13. The van der Waals surface area contributed by atoms with Crippen molar-refractivity contribution in [3.63, 3.8) is 0 Å². The fourth-order valence-corrected chi connectivity index (χ4v) is 6.13. The molecule has 1 saturated heterocycles. The van der Waals surface area contributed by atoms with Crippen molar-refractivity contribution in [3.05, 3.63) is 23.8 Å². The molecule has 1 aromatic carbocycles. The molecule has 2 heterocycles. The lowest BCUT2D eigenvalue weighted by atomic mass is 9.84. The van der Waals surface area contributed by atoms with E-state index in [2.05, 4.69) is 16.0 Å². The minimum absolute atomic E-state index is 0.00743. The van der Waals surface area contributed by atoms with Crippen LogP contribution in [0.5, 0.6) is 5.75 Å². The number of urea groups is 1. The highest BCUT2D eigenvalue weighted by Gasteiger charge is 2.46. The van der Waals surface area contributed by atoms with Gasteiger partial charge in [-0.2, -0.15) is 0 Å². The van der Waals surface area contributed by atoms with Gasteiger partial charge in [0.05, 0.1) is 19.1 Å². The number of carbonyl (C=O) groups excluding carboxylic acids is 2. The van der Waals surface area contributed by atoms with Gasteiger partial charge in [-0.15, -0.1) is 0 Å². The Balaban J connectivity index is 1.23. The predicted octanol–water partition coefficient (Wildman–Crippen LogP) is 3.58. The Morgan fingerprint density at radius 1 is 0.971 bits per heavy atom. The number of hydrogen-bond donors (Lipinski definition) is 4. The summed E-state index contributed by atoms with van der Waals surface area (Å²) < 4.78 is 12.2. The van der Waals surface area contributed by atoms with Gasteiger partial charge in [-0.3, -0.25) is 4.79 Å². The third-order valence-corrected chi connectivity index (χ3v) is 7.83. The standard InChI is InChI=1S/C26H37N3O5/c30-15-23-25-21(13-19(33-23)14-24(31)27-16-6-2-1-3-7-16)20-12-18(10-11-22(20)34-25)29-26(32)28-17-8-4-5-9-17/h10-12,16-17,19,21,23,25,30H,1-9,13-15H2,(H,27,31)(H2,28,29,32)/t19-,21+,23-,25-/m1/s1. The first kappa shape index (κ1) is 23.4. The molecule has 4 atom stereocenters. The van der Waals surface area contributed by atoms with Crippen molar-refractivity contribution in [2.24, 2.45) is 0 Å². The number of anilines is 1. The number of fused-ring (bicyclic) bond motifs is 3. The van der Waals surface area contributed by atoms with Gasteiger partial charge < -0.3 is 30.5 Å². The van der Waals surface area contributed by atoms with E-state index in [-0.39, 0.29) is 55.2 Å². The van der Waals surface area contributed by atoms with Crippen LogP contribution in [0.25, 0.3) is 0 Å².